The molecule has 0 aliphatic carbocycles. The van der Waals surface area contributed by atoms with Gasteiger partial charge in [-0.05, 0) is 98.8 Å². The van der Waals surface area contributed by atoms with Crippen LogP contribution in [0, 0.1) is 7.14 Å². The Morgan fingerprint density at radius 2 is 1.11 bits per heavy atom. The van der Waals surface area contributed by atoms with E-state index in [0.717, 1.165) is 28.3 Å². The molecule has 0 N–H and O–H groups in total. The van der Waals surface area contributed by atoms with Crippen molar-refractivity contribution in [2.75, 3.05) is 9.80 Å². The van der Waals surface area contributed by atoms with E-state index in [4.69, 9.17) is 4.74 Å². The fourth-order valence-electron chi connectivity index (χ4n) is 4.04. The van der Waals surface area contributed by atoms with Crippen molar-refractivity contribution in [2.45, 2.75) is 6.61 Å². The van der Waals surface area contributed by atoms with Crippen LogP contribution < -0.4 is 14.5 Å². The summed E-state index contributed by atoms with van der Waals surface area (Å²) < 4.78 is 7.75. The van der Waals surface area contributed by atoms with Crippen LogP contribution in [0.15, 0.2) is 109 Å². The third kappa shape index (κ3) is 5.37. The summed E-state index contributed by atoms with van der Waals surface area (Å²) in [4.78, 5) is 42.7. The van der Waals surface area contributed by atoms with Gasteiger partial charge in [-0.2, -0.15) is 0 Å². The molecule has 0 radical (unpaired) electrons. The number of ether oxygens (including phenoxy) is 1. The second kappa shape index (κ2) is 11.5. The predicted octanol–water partition coefficient (Wildman–Crippen LogP) is 7.06. The molecule has 0 unspecified atom stereocenters. The fourth-order valence-corrected chi connectivity index (χ4v) is 6.16. The summed E-state index contributed by atoms with van der Waals surface area (Å²) in [5.74, 6) is -0.619. The molecule has 0 aromatic heterocycles. The minimum atomic E-state index is -0.719. The number of carbonyl (C=O) groups excluding carboxylic acids is 3. The van der Waals surface area contributed by atoms with Gasteiger partial charge in [0.05, 0.1) is 18.5 Å². The molecule has 5 rings (SSSR count). The van der Waals surface area contributed by atoms with Crippen molar-refractivity contribution < 1.29 is 19.1 Å². The summed E-state index contributed by atoms with van der Waals surface area (Å²) in [6.07, 6.45) is 1.54. The van der Waals surface area contributed by atoms with E-state index < -0.39 is 17.8 Å². The Kier molecular flexibility index (Phi) is 7.89. The van der Waals surface area contributed by atoms with Gasteiger partial charge in [0.25, 0.3) is 11.8 Å². The Hall–Kier alpha value is -3.51. The third-order valence-corrected chi connectivity index (χ3v) is 7.44. The highest BCUT2D eigenvalue weighted by Gasteiger charge is 2.43. The molecule has 0 spiro atoms. The lowest BCUT2D eigenvalue weighted by molar-refractivity contribution is -0.121. The van der Waals surface area contributed by atoms with Gasteiger partial charge < -0.3 is 4.74 Å². The van der Waals surface area contributed by atoms with Crippen molar-refractivity contribution >= 4 is 80.5 Å². The van der Waals surface area contributed by atoms with Crippen LogP contribution in [0.2, 0.25) is 0 Å². The standard InChI is InChI=1S/C30H20I2N2O4/c31-25-17-21(18-26(32)27(25)38-19-20-10-4-1-5-11-20)16-24-28(35)33(22-12-6-2-7-13-22)30(37)34(29(24)36)23-14-8-3-9-15-23/h1-18H,19H2. The molecule has 1 heterocycles. The number of benzene rings is 4. The van der Waals surface area contributed by atoms with Gasteiger partial charge in [0.15, 0.2) is 0 Å². The molecule has 4 amide bonds. The second-order valence-electron chi connectivity index (χ2n) is 8.38. The van der Waals surface area contributed by atoms with Crippen LogP contribution in [-0.4, -0.2) is 17.8 Å². The summed E-state index contributed by atoms with van der Waals surface area (Å²) in [7, 11) is 0. The lowest BCUT2D eigenvalue weighted by atomic mass is 10.0. The molecular weight excluding hydrogens is 706 g/mol. The minimum Gasteiger partial charge on any atom is -0.487 e. The average molecular weight is 726 g/mol. The Labute approximate surface area is 247 Å². The van der Waals surface area contributed by atoms with Gasteiger partial charge in [-0.3, -0.25) is 9.59 Å². The van der Waals surface area contributed by atoms with E-state index in [-0.39, 0.29) is 5.57 Å². The van der Waals surface area contributed by atoms with Crippen LogP contribution >= 0.6 is 45.2 Å². The molecular formula is C30H20I2N2O4. The van der Waals surface area contributed by atoms with E-state index in [1.54, 1.807) is 60.7 Å². The first-order chi connectivity index (χ1) is 18.4. The van der Waals surface area contributed by atoms with Crippen LogP contribution in [0.25, 0.3) is 6.08 Å². The highest BCUT2D eigenvalue weighted by Crippen LogP contribution is 2.33. The predicted molar refractivity (Wildman–Crippen MR) is 164 cm³/mol. The van der Waals surface area contributed by atoms with Crippen LogP contribution in [0.5, 0.6) is 5.75 Å². The maximum absolute atomic E-state index is 13.6. The Morgan fingerprint density at radius 1 is 0.658 bits per heavy atom. The molecule has 1 saturated heterocycles. The van der Waals surface area contributed by atoms with Gasteiger partial charge in [0, 0.05) is 0 Å². The molecule has 38 heavy (non-hydrogen) atoms. The number of nitrogens with zero attached hydrogens (tertiary/aromatic N) is 2. The smallest absolute Gasteiger partial charge is 0.343 e. The van der Waals surface area contributed by atoms with Crippen molar-refractivity contribution in [3.8, 4) is 5.75 Å². The number of carbonyl (C=O) groups is 3. The average Bonchev–Trinajstić information content (AvgIpc) is 2.92. The van der Waals surface area contributed by atoms with E-state index in [0.29, 0.717) is 23.5 Å². The summed E-state index contributed by atoms with van der Waals surface area (Å²) in [6.45, 7) is 0.421. The second-order valence-corrected chi connectivity index (χ2v) is 10.7. The van der Waals surface area contributed by atoms with E-state index in [1.165, 1.54) is 6.08 Å². The number of halogens is 2. The normalized spacial score (nSPS) is 13.6. The van der Waals surface area contributed by atoms with Crippen LogP contribution in [-0.2, 0) is 16.2 Å². The number of para-hydroxylation sites is 2. The van der Waals surface area contributed by atoms with Crippen molar-refractivity contribution in [1.82, 2.24) is 0 Å². The number of imide groups is 2. The number of hydrogen-bond acceptors (Lipinski definition) is 4. The number of rotatable bonds is 6. The molecule has 0 atom stereocenters. The van der Waals surface area contributed by atoms with E-state index in [2.05, 4.69) is 45.2 Å². The molecule has 4 aromatic carbocycles. The molecule has 4 aromatic rings. The topological polar surface area (TPSA) is 66.9 Å². The first kappa shape index (κ1) is 26.1. The number of urea groups is 1. The van der Waals surface area contributed by atoms with Crippen LogP contribution in [0.3, 0.4) is 0 Å². The maximum atomic E-state index is 13.6. The van der Waals surface area contributed by atoms with E-state index >= 15 is 0 Å². The number of barbiturate groups is 1. The van der Waals surface area contributed by atoms with Gasteiger partial charge in [0.2, 0.25) is 0 Å². The fraction of sp³-hybridized carbons (Fsp3) is 0.0333. The zero-order valence-electron chi connectivity index (χ0n) is 19.9. The zero-order chi connectivity index (χ0) is 26.6. The minimum absolute atomic E-state index is 0.109. The molecule has 1 aliphatic rings. The molecule has 1 aliphatic heterocycles. The van der Waals surface area contributed by atoms with Crippen molar-refractivity contribution in [2.24, 2.45) is 0 Å². The first-order valence-electron chi connectivity index (χ1n) is 11.6. The highest BCUT2D eigenvalue weighted by atomic mass is 127. The van der Waals surface area contributed by atoms with Crippen molar-refractivity contribution in [1.29, 1.82) is 0 Å². The van der Waals surface area contributed by atoms with Gasteiger partial charge in [-0.15, -0.1) is 0 Å². The van der Waals surface area contributed by atoms with Crippen molar-refractivity contribution in [3.05, 3.63) is 127 Å². The lowest BCUT2D eigenvalue weighted by Crippen LogP contribution is -2.57. The van der Waals surface area contributed by atoms with Crippen LogP contribution in [0.4, 0.5) is 16.2 Å². The SMILES string of the molecule is O=C1C(=Cc2cc(I)c(OCc3ccccc3)c(I)c2)C(=O)N(c2ccccc2)C(=O)N1c1ccccc1. The maximum Gasteiger partial charge on any atom is 0.343 e. The lowest BCUT2D eigenvalue weighted by Gasteiger charge is -2.34. The Bertz CT molecular complexity index is 1450. The molecule has 0 bridgehead atoms. The van der Waals surface area contributed by atoms with Crippen molar-refractivity contribution in [3.63, 3.8) is 0 Å². The molecule has 8 heteroatoms. The van der Waals surface area contributed by atoms with Crippen LogP contribution in [0.1, 0.15) is 11.1 Å². The third-order valence-electron chi connectivity index (χ3n) is 5.84. The number of amides is 4. The largest absolute Gasteiger partial charge is 0.487 e. The quantitative estimate of drug-likeness (QED) is 0.121. The van der Waals surface area contributed by atoms with Gasteiger partial charge in [0.1, 0.15) is 17.9 Å². The molecule has 1 fully saturated rings. The summed E-state index contributed by atoms with van der Waals surface area (Å²) in [5.41, 5.74) is 2.36. The highest BCUT2D eigenvalue weighted by molar-refractivity contribution is 14.1. The first-order valence-corrected chi connectivity index (χ1v) is 13.8. The van der Waals surface area contributed by atoms with E-state index in [1.807, 2.05) is 42.5 Å². The van der Waals surface area contributed by atoms with Gasteiger partial charge in [-0.25, -0.2) is 14.6 Å². The Balaban J connectivity index is 1.53. The zero-order valence-corrected chi connectivity index (χ0v) is 24.2. The molecule has 188 valence electrons. The summed E-state index contributed by atoms with van der Waals surface area (Å²) >= 11 is 4.37. The monoisotopic (exact) mass is 726 g/mol. The van der Waals surface area contributed by atoms with Gasteiger partial charge in [-0.1, -0.05) is 66.7 Å². The summed E-state index contributed by atoms with van der Waals surface area (Å²) in [5, 5.41) is 0. The Morgan fingerprint density at radius 3 is 1.58 bits per heavy atom. The van der Waals surface area contributed by atoms with E-state index in [9.17, 15) is 14.4 Å². The molecule has 0 saturated carbocycles. The number of anilines is 2. The molecule has 6 nitrogen and oxygen atoms in total. The summed E-state index contributed by atoms with van der Waals surface area (Å²) in [6, 6.07) is 30.1. The van der Waals surface area contributed by atoms with Gasteiger partial charge >= 0.3 is 6.03 Å². The number of hydrogen-bond donors (Lipinski definition) is 0.